The fourth-order valence-corrected chi connectivity index (χ4v) is 3.62. The van der Waals surface area contributed by atoms with E-state index < -0.39 is 5.91 Å². The summed E-state index contributed by atoms with van der Waals surface area (Å²) in [6.07, 6.45) is 13.5. The van der Waals surface area contributed by atoms with Gasteiger partial charge < -0.3 is 5.32 Å². The lowest BCUT2D eigenvalue weighted by atomic mass is 10.1. The minimum atomic E-state index is -0.398. The molecule has 0 bridgehead atoms. The summed E-state index contributed by atoms with van der Waals surface area (Å²) in [6.45, 7) is 3.07. The van der Waals surface area contributed by atoms with E-state index in [1.807, 2.05) is 12.3 Å². The quantitative estimate of drug-likeness (QED) is 0.269. The van der Waals surface area contributed by atoms with Gasteiger partial charge in [-0.05, 0) is 18.6 Å². The van der Waals surface area contributed by atoms with Crippen molar-refractivity contribution >= 4 is 27.5 Å². The fraction of sp³-hybridized carbons (Fsp3) is 0.524. The van der Waals surface area contributed by atoms with Crippen molar-refractivity contribution in [1.29, 1.82) is 5.26 Å². The van der Waals surface area contributed by atoms with Crippen molar-refractivity contribution in [3.63, 3.8) is 0 Å². The first-order chi connectivity index (χ1) is 13.8. The van der Waals surface area contributed by atoms with Crippen molar-refractivity contribution in [1.82, 2.24) is 10.2 Å². The van der Waals surface area contributed by atoms with E-state index in [-0.39, 0.29) is 5.13 Å². The maximum atomic E-state index is 12.5. The van der Waals surface area contributed by atoms with Crippen LogP contribution in [0.4, 0.5) is 10.3 Å². The number of unbranched alkanes of at least 4 members (excludes halogenated alkanes) is 8. The van der Waals surface area contributed by atoms with Gasteiger partial charge in [-0.25, -0.2) is 0 Å². The molecule has 28 heavy (non-hydrogen) atoms. The highest BCUT2D eigenvalue weighted by Crippen LogP contribution is 2.25. The molecule has 1 aromatic heterocycles. The van der Waals surface area contributed by atoms with E-state index in [2.05, 4.69) is 22.4 Å². The SMILES string of the molecule is CCCCCCCCCCCNc1nnc(N(C#N)C(=O)c2ccccc2)s1. The molecule has 0 spiro atoms. The number of nitrogens with zero attached hydrogens (tertiary/aromatic N) is 4. The largest absolute Gasteiger partial charge is 0.360 e. The Morgan fingerprint density at radius 2 is 1.68 bits per heavy atom. The Morgan fingerprint density at radius 3 is 2.32 bits per heavy atom. The van der Waals surface area contributed by atoms with Crippen LogP contribution >= 0.6 is 11.3 Å². The lowest BCUT2D eigenvalue weighted by Crippen LogP contribution is -2.25. The summed E-state index contributed by atoms with van der Waals surface area (Å²) in [5, 5.41) is 21.6. The van der Waals surface area contributed by atoms with Crippen molar-refractivity contribution < 1.29 is 4.79 Å². The van der Waals surface area contributed by atoms with Crippen LogP contribution in [-0.2, 0) is 0 Å². The van der Waals surface area contributed by atoms with Crippen LogP contribution in [0, 0.1) is 11.5 Å². The van der Waals surface area contributed by atoms with E-state index in [0.717, 1.165) is 17.9 Å². The molecule has 6 nitrogen and oxygen atoms in total. The zero-order valence-electron chi connectivity index (χ0n) is 16.6. The Kier molecular flexibility index (Phi) is 10.0. The number of aromatic nitrogens is 2. The molecule has 0 radical (unpaired) electrons. The van der Waals surface area contributed by atoms with Crippen molar-refractivity contribution in [2.45, 2.75) is 64.7 Å². The molecule has 1 N–H and O–H groups in total. The molecule has 0 fully saturated rings. The molecule has 1 heterocycles. The normalized spacial score (nSPS) is 10.4. The Bertz CT molecular complexity index is 741. The third kappa shape index (κ3) is 7.28. The van der Waals surface area contributed by atoms with Gasteiger partial charge in [0.25, 0.3) is 5.91 Å². The lowest BCUT2D eigenvalue weighted by molar-refractivity contribution is 0.0999. The van der Waals surface area contributed by atoms with Gasteiger partial charge in [-0.1, -0.05) is 87.8 Å². The van der Waals surface area contributed by atoms with Crippen LogP contribution in [0.1, 0.15) is 75.1 Å². The molecule has 7 heteroatoms. The third-order valence-electron chi connectivity index (χ3n) is 4.49. The summed E-state index contributed by atoms with van der Waals surface area (Å²) in [7, 11) is 0. The standard InChI is InChI=1S/C21H29N5OS/c1-2-3-4-5-6-7-8-9-13-16-23-20-24-25-21(28-20)26(17-22)19(27)18-14-11-10-12-15-18/h10-12,14-15H,2-9,13,16H2,1H3,(H,23,24). The highest BCUT2D eigenvalue weighted by atomic mass is 32.1. The van der Waals surface area contributed by atoms with E-state index in [0.29, 0.717) is 10.7 Å². The van der Waals surface area contributed by atoms with Crippen LogP contribution in [0.5, 0.6) is 0 Å². The number of benzene rings is 1. The molecule has 1 aromatic carbocycles. The van der Waals surface area contributed by atoms with Gasteiger partial charge in [0.2, 0.25) is 10.3 Å². The molecule has 0 saturated carbocycles. The summed E-state index contributed by atoms with van der Waals surface area (Å²) >= 11 is 1.22. The van der Waals surface area contributed by atoms with Crippen LogP contribution in [-0.4, -0.2) is 22.6 Å². The van der Waals surface area contributed by atoms with E-state index in [9.17, 15) is 10.1 Å². The summed E-state index contributed by atoms with van der Waals surface area (Å²) in [4.78, 5) is 13.4. The van der Waals surface area contributed by atoms with Crippen LogP contribution in [0.2, 0.25) is 0 Å². The maximum Gasteiger partial charge on any atom is 0.273 e. The van der Waals surface area contributed by atoms with Gasteiger partial charge in [0, 0.05) is 12.1 Å². The molecular weight excluding hydrogens is 370 g/mol. The molecule has 0 aliphatic carbocycles. The van der Waals surface area contributed by atoms with Crippen LogP contribution < -0.4 is 10.2 Å². The monoisotopic (exact) mass is 399 g/mol. The highest BCUT2D eigenvalue weighted by molar-refractivity contribution is 7.19. The number of amides is 1. The molecule has 150 valence electrons. The van der Waals surface area contributed by atoms with Crippen molar-refractivity contribution in [3.05, 3.63) is 35.9 Å². The number of hydrogen-bond acceptors (Lipinski definition) is 6. The summed E-state index contributed by atoms with van der Waals surface area (Å²) in [5.74, 6) is -0.398. The van der Waals surface area contributed by atoms with Crippen molar-refractivity contribution in [2.75, 3.05) is 16.8 Å². The van der Waals surface area contributed by atoms with Gasteiger partial charge in [0.05, 0.1) is 0 Å². The molecule has 2 aromatic rings. The minimum absolute atomic E-state index is 0.283. The zero-order chi connectivity index (χ0) is 20.0. The summed E-state index contributed by atoms with van der Waals surface area (Å²) < 4.78 is 0. The second-order valence-electron chi connectivity index (χ2n) is 6.75. The zero-order valence-corrected chi connectivity index (χ0v) is 17.4. The van der Waals surface area contributed by atoms with Crippen LogP contribution in [0.25, 0.3) is 0 Å². The number of rotatable bonds is 13. The number of nitrogens with one attached hydrogen (secondary N) is 1. The minimum Gasteiger partial charge on any atom is -0.360 e. The number of hydrogen-bond donors (Lipinski definition) is 1. The van der Waals surface area contributed by atoms with Crippen LogP contribution in [0.15, 0.2) is 30.3 Å². The third-order valence-corrected chi connectivity index (χ3v) is 5.35. The Morgan fingerprint density at radius 1 is 1.04 bits per heavy atom. The molecule has 0 aliphatic rings. The van der Waals surface area contributed by atoms with Crippen molar-refractivity contribution in [2.24, 2.45) is 0 Å². The summed E-state index contributed by atoms with van der Waals surface area (Å²) in [6, 6.07) is 8.71. The average Bonchev–Trinajstić information content (AvgIpc) is 3.19. The number of anilines is 2. The average molecular weight is 400 g/mol. The molecule has 0 aliphatic heterocycles. The Labute approximate surface area is 171 Å². The van der Waals surface area contributed by atoms with E-state index in [4.69, 9.17) is 0 Å². The van der Waals surface area contributed by atoms with Crippen molar-refractivity contribution in [3.8, 4) is 6.19 Å². The van der Waals surface area contributed by atoms with Crippen LogP contribution in [0.3, 0.4) is 0 Å². The van der Waals surface area contributed by atoms with Gasteiger partial charge in [0.15, 0.2) is 6.19 Å². The first-order valence-corrected chi connectivity index (χ1v) is 10.9. The second-order valence-corrected chi connectivity index (χ2v) is 7.71. The molecule has 0 atom stereocenters. The predicted molar refractivity (Wildman–Crippen MR) is 114 cm³/mol. The van der Waals surface area contributed by atoms with Gasteiger partial charge >= 0.3 is 0 Å². The fourth-order valence-electron chi connectivity index (χ4n) is 2.89. The van der Waals surface area contributed by atoms with Gasteiger partial charge in [-0.2, -0.15) is 10.2 Å². The smallest absolute Gasteiger partial charge is 0.273 e. The summed E-state index contributed by atoms with van der Waals surface area (Å²) in [5.41, 5.74) is 0.448. The number of carbonyl (C=O) groups excluding carboxylic acids is 1. The number of nitriles is 1. The lowest BCUT2D eigenvalue weighted by Gasteiger charge is -2.08. The number of carbonyl (C=O) groups is 1. The maximum absolute atomic E-state index is 12.5. The van der Waals surface area contributed by atoms with Gasteiger partial charge in [-0.15, -0.1) is 10.2 Å². The molecule has 0 saturated heterocycles. The van der Waals surface area contributed by atoms with E-state index in [1.54, 1.807) is 24.3 Å². The first-order valence-electron chi connectivity index (χ1n) is 10.1. The van der Waals surface area contributed by atoms with Gasteiger partial charge in [0.1, 0.15) is 0 Å². The first kappa shape index (κ1) is 21.8. The molecule has 0 unspecified atom stereocenters. The molecule has 2 rings (SSSR count). The Balaban J connectivity index is 1.69. The van der Waals surface area contributed by atoms with Gasteiger partial charge in [-0.3, -0.25) is 4.79 Å². The topological polar surface area (TPSA) is 81.9 Å². The van der Waals surface area contributed by atoms with E-state index >= 15 is 0 Å². The molecule has 1 amide bonds. The second kappa shape index (κ2) is 12.8. The van der Waals surface area contributed by atoms with E-state index in [1.165, 1.54) is 62.7 Å². The predicted octanol–water partition coefficient (Wildman–Crippen LogP) is 5.61. The Hall–Kier alpha value is -2.46. The highest BCUT2D eigenvalue weighted by Gasteiger charge is 2.21. The molecular formula is C21H29N5OS.